The van der Waals surface area contributed by atoms with Crippen LogP contribution in [0, 0.1) is 0 Å². The van der Waals surface area contributed by atoms with E-state index in [0.717, 1.165) is 37.0 Å². The average molecular weight is 734 g/mol. The van der Waals surface area contributed by atoms with E-state index in [-0.39, 0.29) is 54.6 Å². The van der Waals surface area contributed by atoms with Gasteiger partial charge < -0.3 is 33.7 Å². The number of rotatable bonds is 29. The van der Waals surface area contributed by atoms with Crippen LogP contribution < -0.4 is 10.6 Å². The molecule has 1 unspecified atom stereocenters. The van der Waals surface area contributed by atoms with Crippen LogP contribution in [-0.4, -0.2) is 119 Å². The number of carbonyl (C=O) groups is 6. The van der Waals surface area contributed by atoms with Gasteiger partial charge >= 0.3 is 5.97 Å². The number of anilines is 1. The lowest BCUT2D eigenvalue weighted by Gasteiger charge is -2.27. The maximum absolute atomic E-state index is 13.2. The normalized spacial score (nSPS) is 15.6. The predicted octanol–water partition coefficient (Wildman–Crippen LogP) is 3.57. The summed E-state index contributed by atoms with van der Waals surface area (Å²) in [5, 5.41) is 4.90. The van der Waals surface area contributed by atoms with Crippen molar-refractivity contribution >= 4 is 41.2 Å². The van der Waals surface area contributed by atoms with Gasteiger partial charge in [0.1, 0.15) is 12.6 Å². The number of fused-ring (bicyclic) bond motifs is 1. The van der Waals surface area contributed by atoms with Gasteiger partial charge in [-0.2, -0.15) is 0 Å². The summed E-state index contributed by atoms with van der Waals surface area (Å²) in [7, 11) is 0. The van der Waals surface area contributed by atoms with Crippen molar-refractivity contribution in [2.24, 2.45) is 0 Å². The van der Waals surface area contributed by atoms with Crippen LogP contribution in [0.15, 0.2) is 18.2 Å². The molecule has 2 aliphatic rings. The summed E-state index contributed by atoms with van der Waals surface area (Å²) in [6.45, 7) is 6.84. The minimum atomic E-state index is -1.07. The van der Waals surface area contributed by atoms with Gasteiger partial charge in [-0.05, 0) is 37.8 Å². The number of nitrogens with one attached hydrogen (secondary N) is 2. The average Bonchev–Trinajstić information content (AvgIpc) is 3.38. The first-order valence-corrected chi connectivity index (χ1v) is 18.5. The minimum Gasteiger partial charge on any atom is -0.463 e. The highest BCUT2D eigenvalue weighted by molar-refractivity contribution is 6.26. The minimum absolute atomic E-state index is 0.0290. The fraction of sp³-hybridized carbons (Fsp3) is 0.676. The Hall–Kier alpha value is -3.76. The first-order chi connectivity index (χ1) is 25.3. The molecule has 0 radical (unpaired) electrons. The molecular weight excluding hydrogens is 678 g/mol. The molecule has 1 saturated heterocycles. The first-order valence-electron chi connectivity index (χ1n) is 18.5. The Morgan fingerprint density at radius 1 is 0.712 bits per heavy atom. The summed E-state index contributed by atoms with van der Waals surface area (Å²) < 4.78 is 32.6. The van der Waals surface area contributed by atoms with Gasteiger partial charge in [-0.3, -0.25) is 39.0 Å². The van der Waals surface area contributed by atoms with E-state index >= 15 is 0 Å². The molecule has 0 aromatic heterocycles. The molecule has 2 N–H and O–H groups in total. The Kier molecular flexibility index (Phi) is 20.7. The highest BCUT2D eigenvalue weighted by Gasteiger charge is 2.45. The second-order valence-corrected chi connectivity index (χ2v) is 12.5. The second-order valence-electron chi connectivity index (χ2n) is 12.5. The molecule has 2 heterocycles. The standard InChI is InChI=1S/C37H55N3O12/c1-2-3-4-5-8-14-33(43)52-27-26-51-25-24-50-23-22-49-21-20-48-19-18-47-17-9-6-7-13-31(41)38-29-12-10-11-28-34(29)37(46)40(36(28)45)30-15-16-32(42)39-35(30)44/h10-12,30H,2-9,13-27H2,1H3,(H,38,41)(H,39,42,44). The largest absolute Gasteiger partial charge is 0.463 e. The molecule has 1 aromatic carbocycles. The molecule has 5 amide bonds. The van der Waals surface area contributed by atoms with Gasteiger partial charge in [0.05, 0.1) is 76.3 Å². The van der Waals surface area contributed by atoms with E-state index in [1.807, 2.05) is 0 Å². The van der Waals surface area contributed by atoms with E-state index in [4.69, 9.17) is 28.4 Å². The molecule has 290 valence electrons. The number of hydrogen-bond donors (Lipinski definition) is 2. The Morgan fingerprint density at radius 2 is 1.29 bits per heavy atom. The fourth-order valence-electron chi connectivity index (χ4n) is 5.64. The molecule has 0 spiro atoms. The molecule has 0 bridgehead atoms. The molecule has 0 aliphatic carbocycles. The SMILES string of the molecule is CCCCCCCC(=O)OCCOCCOCCOCCOCCOCCCCCC(=O)Nc1cccc2c1C(=O)N(C1CCC(=O)NC1=O)C2=O. The van der Waals surface area contributed by atoms with Crippen molar-refractivity contribution in [3.8, 4) is 0 Å². The number of hydrogen-bond acceptors (Lipinski definition) is 12. The topological polar surface area (TPSA) is 185 Å². The number of nitrogens with zero attached hydrogens (tertiary/aromatic N) is 1. The number of ether oxygens (including phenoxy) is 6. The van der Waals surface area contributed by atoms with Crippen LogP contribution in [0.2, 0.25) is 0 Å². The lowest BCUT2D eigenvalue weighted by Crippen LogP contribution is -2.54. The number of benzene rings is 1. The Bertz CT molecular complexity index is 1310. The van der Waals surface area contributed by atoms with E-state index in [9.17, 15) is 28.8 Å². The van der Waals surface area contributed by atoms with Crippen LogP contribution in [0.3, 0.4) is 0 Å². The zero-order chi connectivity index (χ0) is 37.4. The third kappa shape index (κ3) is 15.5. The van der Waals surface area contributed by atoms with Gasteiger partial charge in [0.15, 0.2) is 0 Å². The smallest absolute Gasteiger partial charge is 0.305 e. The van der Waals surface area contributed by atoms with E-state index < -0.39 is 29.7 Å². The van der Waals surface area contributed by atoms with E-state index in [1.54, 1.807) is 12.1 Å². The molecule has 2 aliphatic heterocycles. The molecule has 1 fully saturated rings. The summed E-state index contributed by atoms with van der Waals surface area (Å²) in [5.41, 5.74) is 0.382. The number of imide groups is 2. The molecule has 15 heteroatoms. The molecule has 52 heavy (non-hydrogen) atoms. The van der Waals surface area contributed by atoms with Crippen molar-refractivity contribution in [2.45, 2.75) is 90.0 Å². The maximum Gasteiger partial charge on any atom is 0.305 e. The quantitative estimate of drug-likeness (QED) is 0.0694. The van der Waals surface area contributed by atoms with Crippen molar-refractivity contribution in [3.05, 3.63) is 29.3 Å². The van der Waals surface area contributed by atoms with Crippen molar-refractivity contribution in [1.82, 2.24) is 10.2 Å². The van der Waals surface area contributed by atoms with Crippen LogP contribution in [0.1, 0.15) is 105 Å². The van der Waals surface area contributed by atoms with Crippen molar-refractivity contribution in [3.63, 3.8) is 0 Å². The molecule has 1 aromatic rings. The molecule has 1 atom stereocenters. The zero-order valence-electron chi connectivity index (χ0n) is 30.4. The van der Waals surface area contributed by atoms with E-state index in [2.05, 4.69) is 17.6 Å². The van der Waals surface area contributed by atoms with Gasteiger partial charge in [-0.1, -0.05) is 45.1 Å². The van der Waals surface area contributed by atoms with Crippen LogP contribution in [-0.2, 0) is 47.6 Å². The van der Waals surface area contributed by atoms with Crippen LogP contribution in [0.5, 0.6) is 0 Å². The number of amides is 5. The summed E-state index contributed by atoms with van der Waals surface area (Å²) in [6.07, 6.45) is 8.42. The van der Waals surface area contributed by atoms with E-state index in [1.165, 1.54) is 18.9 Å². The number of esters is 1. The molecular formula is C37H55N3O12. The van der Waals surface area contributed by atoms with Crippen LogP contribution in [0.25, 0.3) is 0 Å². The Balaban J connectivity index is 1.09. The summed E-state index contributed by atoms with van der Waals surface area (Å²) in [4.78, 5) is 75.1. The number of piperidine rings is 1. The number of carbonyl (C=O) groups excluding carboxylic acids is 6. The van der Waals surface area contributed by atoms with Gasteiger partial charge in [-0.15, -0.1) is 0 Å². The number of unbranched alkanes of at least 4 members (excludes halogenated alkanes) is 6. The lowest BCUT2D eigenvalue weighted by atomic mass is 10.0. The first kappa shape index (κ1) is 42.7. The predicted molar refractivity (Wildman–Crippen MR) is 189 cm³/mol. The maximum atomic E-state index is 13.2. The van der Waals surface area contributed by atoms with Crippen molar-refractivity contribution < 1.29 is 57.2 Å². The third-order valence-electron chi connectivity index (χ3n) is 8.40. The molecule has 3 rings (SSSR count). The molecule has 15 nitrogen and oxygen atoms in total. The highest BCUT2D eigenvalue weighted by atomic mass is 16.6. The van der Waals surface area contributed by atoms with Gasteiger partial charge in [0, 0.05) is 25.9 Å². The van der Waals surface area contributed by atoms with Crippen LogP contribution in [0.4, 0.5) is 5.69 Å². The zero-order valence-corrected chi connectivity index (χ0v) is 30.4. The molecule has 0 saturated carbocycles. The summed E-state index contributed by atoms with van der Waals surface area (Å²) >= 11 is 0. The van der Waals surface area contributed by atoms with Crippen molar-refractivity contribution in [2.75, 3.05) is 78.0 Å². The lowest BCUT2D eigenvalue weighted by molar-refractivity contribution is -0.145. The fourth-order valence-corrected chi connectivity index (χ4v) is 5.64. The van der Waals surface area contributed by atoms with Gasteiger partial charge in [0.25, 0.3) is 11.8 Å². The van der Waals surface area contributed by atoms with E-state index in [0.29, 0.717) is 78.9 Å². The van der Waals surface area contributed by atoms with Gasteiger partial charge in [-0.25, -0.2) is 0 Å². The highest BCUT2D eigenvalue weighted by Crippen LogP contribution is 2.32. The Morgan fingerprint density at radius 3 is 1.92 bits per heavy atom. The van der Waals surface area contributed by atoms with Crippen molar-refractivity contribution in [1.29, 1.82) is 0 Å². The third-order valence-corrected chi connectivity index (χ3v) is 8.40. The van der Waals surface area contributed by atoms with Crippen LogP contribution >= 0.6 is 0 Å². The Labute approximate surface area is 305 Å². The second kappa shape index (κ2) is 25.3. The van der Waals surface area contributed by atoms with Gasteiger partial charge in [0.2, 0.25) is 17.7 Å². The monoisotopic (exact) mass is 733 g/mol. The summed E-state index contributed by atoms with van der Waals surface area (Å²) in [5.74, 6) is -2.88. The summed E-state index contributed by atoms with van der Waals surface area (Å²) in [6, 6.07) is 3.53.